The fraction of sp³-hybridized carbons (Fsp3) is 0.182. The largest absolute Gasteiger partial charge is 0.354 e. The van der Waals surface area contributed by atoms with Crippen LogP contribution in [0.2, 0.25) is 0 Å². The molecule has 0 aliphatic heterocycles. The first-order valence-corrected chi connectivity index (χ1v) is 10.6. The molecule has 0 spiro atoms. The van der Waals surface area contributed by atoms with Gasteiger partial charge in [0.1, 0.15) is 11.1 Å². The van der Waals surface area contributed by atoms with Gasteiger partial charge in [0.2, 0.25) is 5.91 Å². The molecule has 1 aromatic heterocycles. The van der Waals surface area contributed by atoms with Crippen LogP contribution in [-0.2, 0) is 21.1 Å². The summed E-state index contributed by atoms with van der Waals surface area (Å²) >= 11 is 0. The van der Waals surface area contributed by atoms with Gasteiger partial charge in [0.25, 0.3) is 0 Å². The first-order chi connectivity index (χ1) is 13.9. The van der Waals surface area contributed by atoms with Crippen molar-refractivity contribution in [2.75, 3.05) is 6.54 Å². The van der Waals surface area contributed by atoms with Gasteiger partial charge in [-0.1, -0.05) is 36.4 Å². The maximum absolute atomic E-state index is 13.6. The Morgan fingerprint density at radius 2 is 1.86 bits per heavy atom. The van der Waals surface area contributed by atoms with Gasteiger partial charge in [-0.05, 0) is 47.9 Å². The molecule has 0 saturated carbocycles. The number of amides is 1. The Balaban J connectivity index is 1.85. The number of aromatic nitrogens is 1. The average molecular weight is 412 g/mol. The highest BCUT2D eigenvalue weighted by Crippen LogP contribution is 2.29. The number of nitrogens with one attached hydrogen (secondary N) is 1. The second kappa shape index (κ2) is 8.96. The summed E-state index contributed by atoms with van der Waals surface area (Å²) in [4.78, 5) is 16.3. The van der Waals surface area contributed by atoms with Crippen molar-refractivity contribution < 1.29 is 17.6 Å². The first-order valence-electron chi connectivity index (χ1n) is 9.08. The molecule has 1 heterocycles. The van der Waals surface area contributed by atoms with Gasteiger partial charge >= 0.3 is 0 Å². The van der Waals surface area contributed by atoms with Crippen LogP contribution in [-0.4, -0.2) is 25.9 Å². The predicted molar refractivity (Wildman–Crippen MR) is 108 cm³/mol. The van der Waals surface area contributed by atoms with Crippen molar-refractivity contribution >= 4 is 15.7 Å². The van der Waals surface area contributed by atoms with E-state index >= 15 is 0 Å². The quantitative estimate of drug-likeness (QED) is 0.604. The molecule has 2 aromatic carbocycles. The second-order valence-corrected chi connectivity index (χ2v) is 8.83. The van der Waals surface area contributed by atoms with E-state index in [-0.39, 0.29) is 29.3 Å². The van der Waals surface area contributed by atoms with Crippen molar-refractivity contribution in [1.82, 2.24) is 10.3 Å². The standard InChI is InChI=1S/C22H21FN2O3S/c1-16-12-19(9-10-20(16)23)29(27,28)21(18-8-5-11-24-14-18)15-25-22(26)13-17-6-3-2-4-7-17/h2-12,14,21H,13,15H2,1H3,(H,25,26). The minimum absolute atomic E-state index is 0.00237. The van der Waals surface area contributed by atoms with Gasteiger partial charge in [0.05, 0.1) is 11.3 Å². The molecule has 0 fully saturated rings. The van der Waals surface area contributed by atoms with Crippen molar-refractivity contribution in [1.29, 1.82) is 0 Å². The highest BCUT2D eigenvalue weighted by molar-refractivity contribution is 7.91. The number of sulfone groups is 1. The summed E-state index contributed by atoms with van der Waals surface area (Å²) < 4.78 is 40.1. The van der Waals surface area contributed by atoms with Crippen LogP contribution in [0.5, 0.6) is 0 Å². The third-order valence-corrected chi connectivity index (χ3v) is 6.68. The molecular weight excluding hydrogens is 391 g/mol. The summed E-state index contributed by atoms with van der Waals surface area (Å²) in [7, 11) is -3.88. The number of hydrogen-bond acceptors (Lipinski definition) is 4. The van der Waals surface area contributed by atoms with E-state index in [2.05, 4.69) is 10.3 Å². The Morgan fingerprint density at radius 1 is 1.10 bits per heavy atom. The van der Waals surface area contributed by atoms with Gasteiger partial charge < -0.3 is 5.32 Å². The maximum Gasteiger partial charge on any atom is 0.224 e. The monoisotopic (exact) mass is 412 g/mol. The summed E-state index contributed by atoms with van der Waals surface area (Å²) in [6, 6.07) is 16.2. The van der Waals surface area contributed by atoms with Gasteiger partial charge in [-0.15, -0.1) is 0 Å². The van der Waals surface area contributed by atoms with Gasteiger partial charge in [-0.2, -0.15) is 0 Å². The van der Waals surface area contributed by atoms with E-state index < -0.39 is 20.9 Å². The van der Waals surface area contributed by atoms with Gasteiger partial charge in [0.15, 0.2) is 9.84 Å². The molecule has 7 heteroatoms. The number of nitrogens with zero attached hydrogens (tertiary/aromatic N) is 1. The third kappa shape index (κ3) is 5.06. The number of aryl methyl sites for hydroxylation is 1. The zero-order valence-electron chi connectivity index (χ0n) is 15.9. The number of carbonyl (C=O) groups is 1. The Hall–Kier alpha value is -3.06. The van der Waals surface area contributed by atoms with Crippen LogP contribution >= 0.6 is 0 Å². The highest BCUT2D eigenvalue weighted by atomic mass is 32.2. The summed E-state index contributed by atoms with van der Waals surface area (Å²) in [6.07, 6.45) is 3.15. The van der Waals surface area contributed by atoms with Crippen LogP contribution in [0, 0.1) is 12.7 Å². The molecule has 5 nitrogen and oxygen atoms in total. The smallest absolute Gasteiger partial charge is 0.224 e. The lowest BCUT2D eigenvalue weighted by Gasteiger charge is -2.19. The van der Waals surface area contributed by atoms with Crippen LogP contribution in [0.25, 0.3) is 0 Å². The fourth-order valence-electron chi connectivity index (χ4n) is 2.98. The van der Waals surface area contributed by atoms with Gasteiger partial charge in [-0.25, -0.2) is 12.8 Å². The van der Waals surface area contributed by atoms with E-state index in [1.54, 1.807) is 18.3 Å². The fourth-order valence-corrected chi connectivity index (χ4v) is 4.71. The predicted octanol–water partition coefficient (Wildman–Crippen LogP) is 3.40. The topological polar surface area (TPSA) is 76.1 Å². The lowest BCUT2D eigenvalue weighted by molar-refractivity contribution is -0.120. The molecule has 1 atom stereocenters. The second-order valence-electron chi connectivity index (χ2n) is 6.70. The van der Waals surface area contributed by atoms with Gasteiger partial charge in [0, 0.05) is 18.9 Å². The van der Waals surface area contributed by atoms with E-state index in [0.717, 1.165) is 11.6 Å². The summed E-state index contributed by atoms with van der Waals surface area (Å²) in [5.74, 6) is -0.756. The number of benzene rings is 2. The molecule has 0 aliphatic carbocycles. The number of rotatable bonds is 7. The van der Waals surface area contributed by atoms with E-state index in [1.807, 2.05) is 30.3 Å². The minimum atomic E-state index is -3.88. The molecule has 0 bridgehead atoms. The number of pyridine rings is 1. The Kier molecular flexibility index (Phi) is 6.39. The third-order valence-electron chi connectivity index (χ3n) is 4.58. The Bertz CT molecular complexity index is 1090. The molecule has 0 aliphatic rings. The number of hydrogen-bond donors (Lipinski definition) is 1. The summed E-state index contributed by atoms with van der Waals surface area (Å²) in [5.41, 5.74) is 1.53. The van der Waals surface area contributed by atoms with E-state index in [1.165, 1.54) is 25.3 Å². The van der Waals surface area contributed by atoms with Crippen molar-refractivity contribution in [3.63, 3.8) is 0 Å². The van der Waals surface area contributed by atoms with Crippen LogP contribution in [0.4, 0.5) is 4.39 Å². The van der Waals surface area contributed by atoms with Crippen molar-refractivity contribution in [2.24, 2.45) is 0 Å². The maximum atomic E-state index is 13.6. The average Bonchev–Trinajstić information content (AvgIpc) is 2.71. The number of halogens is 1. The molecule has 0 radical (unpaired) electrons. The zero-order valence-corrected chi connectivity index (χ0v) is 16.7. The van der Waals surface area contributed by atoms with Crippen LogP contribution < -0.4 is 5.32 Å². The highest BCUT2D eigenvalue weighted by Gasteiger charge is 2.30. The molecule has 29 heavy (non-hydrogen) atoms. The first kappa shape index (κ1) is 20.7. The van der Waals surface area contributed by atoms with E-state index in [4.69, 9.17) is 0 Å². The molecule has 3 aromatic rings. The van der Waals surface area contributed by atoms with Crippen LogP contribution in [0.15, 0.2) is 78.0 Å². The van der Waals surface area contributed by atoms with Crippen LogP contribution in [0.3, 0.4) is 0 Å². The summed E-state index contributed by atoms with van der Waals surface area (Å²) in [5, 5.41) is 1.67. The van der Waals surface area contributed by atoms with E-state index in [0.29, 0.717) is 5.56 Å². The number of carbonyl (C=O) groups excluding carboxylic acids is 1. The molecule has 150 valence electrons. The molecule has 3 rings (SSSR count). The lowest BCUT2D eigenvalue weighted by Crippen LogP contribution is -2.33. The van der Waals surface area contributed by atoms with Gasteiger partial charge in [-0.3, -0.25) is 9.78 Å². The normalized spacial score (nSPS) is 12.3. The van der Waals surface area contributed by atoms with Crippen molar-refractivity contribution in [3.05, 3.63) is 95.6 Å². The Morgan fingerprint density at radius 3 is 2.52 bits per heavy atom. The summed E-state index contributed by atoms with van der Waals surface area (Å²) in [6.45, 7) is 1.39. The molecule has 1 unspecified atom stereocenters. The lowest BCUT2D eigenvalue weighted by atomic mass is 10.1. The molecule has 1 amide bonds. The molecule has 1 N–H and O–H groups in total. The Labute approximate surface area is 169 Å². The zero-order chi connectivity index (χ0) is 20.9. The van der Waals surface area contributed by atoms with Crippen molar-refractivity contribution in [2.45, 2.75) is 23.5 Å². The molecular formula is C22H21FN2O3S. The van der Waals surface area contributed by atoms with Crippen LogP contribution in [0.1, 0.15) is 21.9 Å². The SMILES string of the molecule is Cc1cc(S(=O)(=O)C(CNC(=O)Cc2ccccc2)c2cccnc2)ccc1F. The minimum Gasteiger partial charge on any atom is -0.354 e. The molecule has 0 saturated heterocycles. The van der Waals surface area contributed by atoms with E-state index in [9.17, 15) is 17.6 Å². The van der Waals surface area contributed by atoms with Crippen molar-refractivity contribution in [3.8, 4) is 0 Å².